The molecule has 0 aliphatic carbocycles. The molecule has 2 fully saturated rings. The highest BCUT2D eigenvalue weighted by Crippen LogP contribution is 2.50. The Balaban J connectivity index is 1.55. The van der Waals surface area contributed by atoms with Gasteiger partial charge < -0.3 is 14.5 Å². The third kappa shape index (κ3) is 4.08. The molecular formula is C25H20ClF3N6O2S. The highest BCUT2D eigenvalue weighted by Gasteiger charge is 2.54. The summed E-state index contributed by atoms with van der Waals surface area (Å²) < 4.78 is 47.4. The number of fused-ring (bicyclic) bond motifs is 1. The van der Waals surface area contributed by atoms with Crippen LogP contribution in [-0.2, 0) is 4.74 Å². The standard InChI is InChI=1S/C25H20ClF3N6O2S/c1-2-7-33-12-25(37-24(33)36)11-18-19(17-5-8-35(32-17)23(28)29)20(15-4-3-14(27)10-16(15)26)31-21(34(18)13-25)22-30-6-9-38-22/h2-6,8-10,20,23H,1,7,11-13H2/t20-,25+/m0/s1. The Labute approximate surface area is 224 Å². The Morgan fingerprint density at radius 1 is 1.32 bits per heavy atom. The fourth-order valence-corrected chi connectivity index (χ4v) is 6.10. The van der Waals surface area contributed by atoms with Gasteiger partial charge >= 0.3 is 12.6 Å². The molecule has 196 valence electrons. The third-order valence-corrected chi connectivity index (χ3v) is 7.80. The predicted octanol–water partition coefficient (Wildman–Crippen LogP) is 5.52. The SMILES string of the molecule is C=CCN1C[C@@]2(CC3=C(c4ccn(C(F)F)n4)[C@H](c4ccc(F)cc4Cl)N=C(c4nccs4)N3C2)OC1=O. The predicted molar refractivity (Wildman–Crippen MR) is 136 cm³/mol. The number of halogens is 4. The number of hydrogen-bond acceptors (Lipinski definition) is 7. The summed E-state index contributed by atoms with van der Waals surface area (Å²) in [4.78, 5) is 25.6. The number of aromatic nitrogens is 3. The number of carbonyl (C=O) groups is 1. The summed E-state index contributed by atoms with van der Waals surface area (Å²) in [5, 5.41) is 6.70. The van der Waals surface area contributed by atoms with Crippen molar-refractivity contribution in [2.45, 2.75) is 24.6 Å². The van der Waals surface area contributed by atoms with E-state index in [9.17, 15) is 18.0 Å². The largest absolute Gasteiger partial charge is 0.439 e. The molecule has 0 unspecified atom stereocenters. The van der Waals surface area contributed by atoms with Crippen LogP contribution in [0, 0.1) is 5.82 Å². The lowest BCUT2D eigenvalue weighted by molar-refractivity contribution is 0.0564. The molecule has 3 aliphatic heterocycles. The van der Waals surface area contributed by atoms with Crippen molar-refractivity contribution in [2.75, 3.05) is 19.6 Å². The van der Waals surface area contributed by atoms with Gasteiger partial charge in [-0.25, -0.2) is 18.9 Å². The summed E-state index contributed by atoms with van der Waals surface area (Å²) in [6.07, 6.45) is 4.29. The van der Waals surface area contributed by atoms with Crippen LogP contribution in [0.15, 0.2) is 65.4 Å². The van der Waals surface area contributed by atoms with Crippen LogP contribution in [-0.4, -0.2) is 61.7 Å². The topological polar surface area (TPSA) is 75.8 Å². The van der Waals surface area contributed by atoms with Crippen LogP contribution in [0.4, 0.5) is 18.0 Å². The number of ether oxygens (including phenoxy) is 1. The van der Waals surface area contributed by atoms with Crippen LogP contribution < -0.4 is 0 Å². The smallest absolute Gasteiger partial charge is 0.410 e. The van der Waals surface area contributed by atoms with Crippen molar-refractivity contribution in [3.63, 3.8) is 0 Å². The minimum absolute atomic E-state index is 0.134. The second kappa shape index (κ2) is 9.28. The number of alkyl halides is 2. The zero-order valence-electron chi connectivity index (χ0n) is 19.7. The maximum absolute atomic E-state index is 14.0. The maximum atomic E-state index is 14.0. The van der Waals surface area contributed by atoms with Crippen LogP contribution >= 0.6 is 22.9 Å². The molecule has 2 aromatic heterocycles. The number of nitrogens with zero attached hydrogens (tertiary/aromatic N) is 6. The fourth-order valence-electron chi connectivity index (χ4n) is 5.19. The molecule has 1 spiro atoms. The lowest BCUT2D eigenvalue weighted by atomic mass is 9.91. The number of benzene rings is 1. The number of amidine groups is 1. The van der Waals surface area contributed by atoms with E-state index in [0.29, 0.717) is 45.4 Å². The summed E-state index contributed by atoms with van der Waals surface area (Å²) in [5.74, 6) is 0.00372. The van der Waals surface area contributed by atoms with Gasteiger partial charge in [0.05, 0.1) is 18.8 Å². The molecular weight excluding hydrogens is 541 g/mol. The van der Waals surface area contributed by atoms with Gasteiger partial charge in [0.1, 0.15) is 11.9 Å². The molecule has 13 heteroatoms. The Kier molecular flexibility index (Phi) is 6.03. The average Bonchev–Trinajstić information content (AvgIpc) is 3.66. The quantitative estimate of drug-likeness (QED) is 0.371. The van der Waals surface area contributed by atoms with Gasteiger partial charge in [-0.1, -0.05) is 23.7 Å². The Morgan fingerprint density at radius 2 is 2.16 bits per heavy atom. The molecule has 8 nitrogen and oxygen atoms in total. The summed E-state index contributed by atoms with van der Waals surface area (Å²) in [5.41, 5.74) is 1.05. The molecule has 0 bridgehead atoms. The second-order valence-corrected chi connectivity index (χ2v) is 10.5. The Hall–Kier alpha value is -3.64. The molecule has 3 aliphatic rings. The van der Waals surface area contributed by atoms with Crippen LogP contribution in [0.25, 0.3) is 5.57 Å². The second-order valence-electron chi connectivity index (χ2n) is 9.16. The molecule has 5 heterocycles. The number of rotatable bonds is 6. The zero-order chi connectivity index (χ0) is 26.6. The highest BCUT2D eigenvalue weighted by molar-refractivity contribution is 7.11. The molecule has 0 saturated carbocycles. The van der Waals surface area contributed by atoms with Crippen LogP contribution in [0.2, 0.25) is 5.02 Å². The van der Waals surface area contributed by atoms with Crippen molar-refractivity contribution in [3.8, 4) is 0 Å². The number of hydrogen-bond donors (Lipinski definition) is 0. The van der Waals surface area contributed by atoms with E-state index < -0.39 is 30.1 Å². The van der Waals surface area contributed by atoms with E-state index >= 15 is 0 Å². The summed E-state index contributed by atoms with van der Waals surface area (Å²) >= 11 is 7.87. The van der Waals surface area contributed by atoms with Gasteiger partial charge in [0, 0.05) is 52.6 Å². The van der Waals surface area contributed by atoms with E-state index in [2.05, 4.69) is 16.7 Å². The number of amides is 1. The van der Waals surface area contributed by atoms with Crippen molar-refractivity contribution in [3.05, 3.63) is 87.5 Å². The normalized spacial score (nSPS) is 22.9. The van der Waals surface area contributed by atoms with E-state index in [1.165, 1.54) is 41.8 Å². The van der Waals surface area contributed by atoms with Crippen molar-refractivity contribution in [2.24, 2.45) is 4.99 Å². The van der Waals surface area contributed by atoms with Crippen LogP contribution in [0.5, 0.6) is 0 Å². The van der Waals surface area contributed by atoms with Gasteiger partial charge in [-0.3, -0.25) is 4.99 Å². The van der Waals surface area contributed by atoms with Gasteiger partial charge in [0.15, 0.2) is 16.4 Å². The van der Waals surface area contributed by atoms with E-state index in [4.69, 9.17) is 21.3 Å². The molecule has 0 N–H and O–H groups in total. The van der Waals surface area contributed by atoms with Crippen molar-refractivity contribution in [1.82, 2.24) is 24.6 Å². The summed E-state index contributed by atoms with van der Waals surface area (Å²) in [6, 6.07) is 4.66. The van der Waals surface area contributed by atoms with Gasteiger partial charge in [0.25, 0.3) is 0 Å². The molecule has 6 rings (SSSR count). The van der Waals surface area contributed by atoms with Gasteiger partial charge in [-0.15, -0.1) is 17.9 Å². The minimum atomic E-state index is -2.84. The monoisotopic (exact) mass is 560 g/mol. The molecule has 1 aromatic carbocycles. The Bertz CT molecular complexity index is 1490. The third-order valence-electron chi connectivity index (χ3n) is 6.71. The van der Waals surface area contributed by atoms with Gasteiger partial charge in [-0.2, -0.15) is 13.9 Å². The molecule has 3 aromatic rings. The van der Waals surface area contributed by atoms with E-state index in [-0.39, 0.29) is 23.7 Å². The lowest BCUT2D eigenvalue weighted by Crippen LogP contribution is -2.40. The van der Waals surface area contributed by atoms with E-state index in [0.717, 1.165) is 0 Å². The lowest BCUT2D eigenvalue weighted by Gasteiger charge is -2.32. The number of carbonyl (C=O) groups excluding carboxylic acids is 1. The summed E-state index contributed by atoms with van der Waals surface area (Å²) in [6.45, 7) is 1.79. The number of aliphatic imine (C=N–C) groups is 1. The zero-order valence-corrected chi connectivity index (χ0v) is 21.3. The van der Waals surface area contributed by atoms with Crippen LogP contribution in [0.1, 0.15) is 35.3 Å². The molecule has 0 radical (unpaired) electrons. The van der Waals surface area contributed by atoms with Gasteiger partial charge in [0.2, 0.25) is 0 Å². The first kappa shape index (κ1) is 24.7. The van der Waals surface area contributed by atoms with Crippen molar-refractivity contribution in [1.29, 1.82) is 0 Å². The molecule has 2 atom stereocenters. The number of thiazole rings is 1. The maximum Gasteiger partial charge on any atom is 0.410 e. The minimum Gasteiger partial charge on any atom is -0.439 e. The molecule has 38 heavy (non-hydrogen) atoms. The van der Waals surface area contributed by atoms with Crippen molar-refractivity contribution < 1.29 is 22.7 Å². The average molecular weight is 561 g/mol. The molecule has 1 amide bonds. The first-order chi connectivity index (χ1) is 18.3. The first-order valence-electron chi connectivity index (χ1n) is 11.6. The van der Waals surface area contributed by atoms with Crippen LogP contribution in [0.3, 0.4) is 0 Å². The van der Waals surface area contributed by atoms with E-state index in [1.807, 2.05) is 10.3 Å². The fraction of sp³-hybridized carbons (Fsp3) is 0.280. The highest BCUT2D eigenvalue weighted by atomic mass is 35.5. The first-order valence-corrected chi connectivity index (χ1v) is 12.9. The Morgan fingerprint density at radius 3 is 2.84 bits per heavy atom. The molecule has 2 saturated heterocycles. The summed E-state index contributed by atoms with van der Waals surface area (Å²) in [7, 11) is 0. The van der Waals surface area contributed by atoms with E-state index in [1.54, 1.807) is 17.2 Å². The van der Waals surface area contributed by atoms with Crippen molar-refractivity contribution >= 4 is 40.4 Å². The van der Waals surface area contributed by atoms with Gasteiger partial charge in [-0.05, 0) is 18.2 Å².